The van der Waals surface area contributed by atoms with Crippen LogP contribution in [0.4, 0.5) is 0 Å². The van der Waals surface area contributed by atoms with Crippen molar-refractivity contribution in [3.8, 4) is 0 Å². The molecule has 148 valence electrons. The van der Waals surface area contributed by atoms with Gasteiger partial charge in [0.15, 0.2) is 0 Å². The first-order valence-corrected chi connectivity index (χ1v) is 6.93. The molecule has 0 bridgehead atoms. The molecule has 25 heavy (non-hydrogen) atoms. The number of methoxy groups -OCH3 is 1. The Hall–Kier alpha value is -2.05. The molecule has 0 saturated heterocycles. The fraction of sp³-hybridized carbons (Fsp3) is 0.643. The van der Waals surface area contributed by atoms with Crippen molar-refractivity contribution in [1.82, 2.24) is 0 Å². The fourth-order valence-electron chi connectivity index (χ4n) is 0.786. The van der Waals surface area contributed by atoms with Crippen LogP contribution in [0.1, 0.15) is 12.8 Å². The summed E-state index contributed by atoms with van der Waals surface area (Å²) < 4.78 is 4.14. The lowest BCUT2D eigenvalue weighted by Gasteiger charge is -2.23. The number of rotatable bonds is 9. The number of carboxylic acid groups (broad SMARTS) is 2. The van der Waals surface area contributed by atoms with Crippen molar-refractivity contribution in [2.45, 2.75) is 18.9 Å². The van der Waals surface area contributed by atoms with Gasteiger partial charge in [-0.15, -0.1) is 0 Å². The average Bonchev–Trinajstić information content (AvgIpc) is 2.62. The maximum absolute atomic E-state index is 9.99. The predicted molar refractivity (Wildman–Crippen MR) is 85.5 cm³/mol. The molecule has 11 nitrogen and oxygen atoms in total. The molecule has 0 heterocycles. The van der Waals surface area contributed by atoms with Crippen LogP contribution in [0.15, 0.2) is 12.7 Å². The maximum atomic E-state index is 9.99. The number of esters is 1. The zero-order valence-corrected chi connectivity index (χ0v) is 14.0. The Kier molecular flexibility index (Phi) is 18.7. The third-order valence-corrected chi connectivity index (χ3v) is 2.70. The highest BCUT2D eigenvalue weighted by Crippen LogP contribution is 2.11. The van der Waals surface area contributed by atoms with E-state index in [-0.39, 0.29) is 12.8 Å². The summed E-state index contributed by atoms with van der Waals surface area (Å²) in [5, 5.41) is 50.3. The van der Waals surface area contributed by atoms with Crippen molar-refractivity contribution in [2.24, 2.45) is 11.1 Å². The summed E-state index contributed by atoms with van der Waals surface area (Å²) >= 11 is 0. The van der Waals surface area contributed by atoms with Gasteiger partial charge in [0.1, 0.15) is 6.04 Å². The number of aliphatic carboxylic acids is 2. The molecule has 0 aliphatic heterocycles. The van der Waals surface area contributed by atoms with Gasteiger partial charge in [-0.25, -0.2) is 4.79 Å². The Morgan fingerprint density at radius 1 is 1.08 bits per heavy atom. The number of carbonyl (C=O) groups excluding carboxylic acids is 1. The molecule has 0 aromatic carbocycles. The van der Waals surface area contributed by atoms with Crippen LogP contribution >= 0.6 is 0 Å². The summed E-state index contributed by atoms with van der Waals surface area (Å²) in [6.07, 6.45) is 0.887. The highest BCUT2D eigenvalue weighted by Gasteiger charge is 2.26. The van der Waals surface area contributed by atoms with Gasteiger partial charge in [0.25, 0.3) is 0 Å². The summed E-state index contributed by atoms with van der Waals surface area (Å²) in [6.45, 7) is 1.53. The Labute approximate surface area is 145 Å². The van der Waals surface area contributed by atoms with Crippen LogP contribution in [0, 0.1) is 5.41 Å². The number of hydrogen-bond acceptors (Lipinski definition) is 9. The maximum Gasteiger partial charge on any atom is 0.329 e. The van der Waals surface area contributed by atoms with Gasteiger partial charge >= 0.3 is 17.9 Å². The van der Waals surface area contributed by atoms with E-state index in [0.717, 1.165) is 6.08 Å². The van der Waals surface area contributed by atoms with Crippen LogP contribution in [0.2, 0.25) is 0 Å². The first-order chi connectivity index (χ1) is 11.6. The number of aliphatic hydroxyl groups excluding tert-OH is 4. The molecule has 1 unspecified atom stereocenters. The first kappa shape index (κ1) is 27.8. The zero-order valence-electron chi connectivity index (χ0n) is 14.0. The highest BCUT2D eigenvalue weighted by atomic mass is 16.5. The second-order valence-electron chi connectivity index (χ2n) is 4.74. The van der Waals surface area contributed by atoms with Crippen LogP contribution in [-0.4, -0.2) is 88.1 Å². The SMILES string of the molecule is C=CC(=O)OC.NC(CCC(=O)O)C(=O)O.OCC(CO)(CO)CO. The zero-order chi connectivity index (χ0) is 20.5. The molecule has 0 rings (SSSR count). The van der Waals surface area contributed by atoms with E-state index in [4.69, 9.17) is 36.4 Å². The van der Waals surface area contributed by atoms with Gasteiger partial charge in [0.2, 0.25) is 0 Å². The highest BCUT2D eigenvalue weighted by molar-refractivity contribution is 5.80. The Morgan fingerprint density at radius 2 is 1.48 bits per heavy atom. The van der Waals surface area contributed by atoms with Crippen LogP contribution in [0.3, 0.4) is 0 Å². The lowest BCUT2D eigenvalue weighted by atomic mass is 9.93. The number of aliphatic hydroxyl groups is 4. The summed E-state index contributed by atoms with van der Waals surface area (Å²) in [6, 6.07) is -1.06. The van der Waals surface area contributed by atoms with E-state index in [1.807, 2.05) is 0 Å². The van der Waals surface area contributed by atoms with Crippen molar-refractivity contribution in [3.63, 3.8) is 0 Å². The number of nitrogens with two attached hydrogens (primary N) is 1. The van der Waals surface area contributed by atoms with Crippen LogP contribution in [0.5, 0.6) is 0 Å². The van der Waals surface area contributed by atoms with Gasteiger partial charge in [-0.1, -0.05) is 6.58 Å². The van der Waals surface area contributed by atoms with Crippen molar-refractivity contribution < 1.29 is 49.8 Å². The van der Waals surface area contributed by atoms with Gasteiger partial charge < -0.3 is 41.1 Å². The fourth-order valence-corrected chi connectivity index (χ4v) is 0.786. The molecule has 0 fully saturated rings. The molecule has 0 saturated carbocycles. The van der Waals surface area contributed by atoms with E-state index >= 15 is 0 Å². The number of carboxylic acids is 2. The average molecular weight is 369 g/mol. The molecule has 0 aromatic heterocycles. The molecule has 8 N–H and O–H groups in total. The van der Waals surface area contributed by atoms with Gasteiger partial charge in [-0.3, -0.25) is 9.59 Å². The molecule has 0 radical (unpaired) electrons. The quantitative estimate of drug-likeness (QED) is 0.167. The molecule has 0 spiro atoms. The van der Waals surface area contributed by atoms with Gasteiger partial charge in [0.05, 0.1) is 39.0 Å². The first-order valence-electron chi connectivity index (χ1n) is 6.93. The minimum atomic E-state index is -1.17. The van der Waals surface area contributed by atoms with Crippen molar-refractivity contribution in [1.29, 1.82) is 0 Å². The summed E-state index contributed by atoms with van der Waals surface area (Å²) in [5.74, 6) is -2.59. The monoisotopic (exact) mass is 369 g/mol. The second-order valence-corrected chi connectivity index (χ2v) is 4.74. The normalized spacial score (nSPS) is 11.0. The summed E-state index contributed by atoms with van der Waals surface area (Å²) in [4.78, 5) is 29.7. The molecule has 0 aromatic rings. The molecule has 1 atom stereocenters. The van der Waals surface area contributed by atoms with E-state index < -0.39 is 55.8 Å². The van der Waals surface area contributed by atoms with Gasteiger partial charge in [-0.05, 0) is 6.42 Å². The Balaban J connectivity index is -0.000000300. The van der Waals surface area contributed by atoms with E-state index in [1.165, 1.54) is 7.11 Å². The molecule has 11 heteroatoms. The lowest BCUT2D eigenvalue weighted by Crippen LogP contribution is -2.37. The smallest absolute Gasteiger partial charge is 0.329 e. The third kappa shape index (κ3) is 16.6. The van der Waals surface area contributed by atoms with E-state index in [0.29, 0.717) is 0 Å². The standard InChI is InChI=1S/C5H9NO4.C5H12O4.C4H6O2/c6-3(5(9)10)1-2-4(7)8;6-1-5(2-7,3-8)4-9;1-3-4(5)6-2/h3H,1-2,6H2,(H,7,8)(H,9,10);6-9H,1-4H2;3H,1H2,2H3. The number of ether oxygens (including phenoxy) is 1. The minimum absolute atomic E-state index is 0.0231. The second kappa shape index (κ2) is 16.8. The van der Waals surface area contributed by atoms with Crippen molar-refractivity contribution in [3.05, 3.63) is 12.7 Å². The van der Waals surface area contributed by atoms with Crippen LogP contribution in [-0.2, 0) is 19.1 Å². The van der Waals surface area contributed by atoms with Gasteiger partial charge in [0, 0.05) is 12.5 Å². The Bertz CT molecular complexity index is 378. The van der Waals surface area contributed by atoms with E-state index in [2.05, 4.69) is 11.3 Å². The topological polar surface area (TPSA) is 208 Å². The lowest BCUT2D eigenvalue weighted by molar-refractivity contribution is -0.140. The van der Waals surface area contributed by atoms with E-state index in [1.54, 1.807) is 0 Å². The molecular formula is C14H27NO10. The molecular weight excluding hydrogens is 342 g/mol. The minimum Gasteiger partial charge on any atom is -0.481 e. The molecule has 0 aliphatic carbocycles. The Morgan fingerprint density at radius 3 is 1.60 bits per heavy atom. The van der Waals surface area contributed by atoms with Crippen LogP contribution in [0.25, 0.3) is 0 Å². The number of hydrogen-bond donors (Lipinski definition) is 7. The third-order valence-electron chi connectivity index (χ3n) is 2.70. The molecule has 0 amide bonds. The largest absolute Gasteiger partial charge is 0.481 e. The summed E-state index contributed by atoms with van der Waals surface area (Å²) in [7, 11) is 1.31. The summed E-state index contributed by atoms with van der Waals surface area (Å²) in [5.41, 5.74) is 3.89. The van der Waals surface area contributed by atoms with Crippen molar-refractivity contribution >= 4 is 17.9 Å². The molecule has 0 aliphatic rings. The van der Waals surface area contributed by atoms with Crippen molar-refractivity contribution in [2.75, 3.05) is 33.5 Å². The van der Waals surface area contributed by atoms with Crippen LogP contribution < -0.4 is 5.73 Å². The van der Waals surface area contributed by atoms with E-state index in [9.17, 15) is 14.4 Å². The predicted octanol–water partition coefficient (Wildman–Crippen LogP) is -2.45. The number of carbonyl (C=O) groups is 3. The van der Waals surface area contributed by atoms with Gasteiger partial charge in [-0.2, -0.15) is 0 Å².